The number of nitrogens with one attached hydrogen (secondary N) is 1. The van der Waals surface area contributed by atoms with Gasteiger partial charge in [-0.05, 0) is 55.8 Å². The van der Waals surface area contributed by atoms with E-state index in [4.69, 9.17) is 18.6 Å². The Morgan fingerprint density at radius 1 is 1.32 bits per heavy atom. The van der Waals surface area contributed by atoms with E-state index in [9.17, 15) is 4.79 Å². The van der Waals surface area contributed by atoms with Crippen molar-refractivity contribution in [1.29, 1.82) is 0 Å². The number of amides is 1. The standard InChI is InChI=1S/C22H21NO5/c1-14-6-7-15-11-16-12-20(22(2,3)28-19(16)13-18(15)26-14)27-21(24)23-9-8-17-5-4-10-25-17/h4-11,13,20H,1,12H2,2-3H3,(H,23,24)/b9-8+. The molecular weight excluding hydrogens is 358 g/mol. The monoisotopic (exact) mass is 379 g/mol. The third-order valence-corrected chi connectivity index (χ3v) is 4.68. The quantitative estimate of drug-likeness (QED) is 0.839. The average molecular weight is 379 g/mol. The summed E-state index contributed by atoms with van der Waals surface area (Å²) in [4.78, 5) is 12.2. The Morgan fingerprint density at radius 2 is 2.18 bits per heavy atom. The van der Waals surface area contributed by atoms with Crippen molar-refractivity contribution >= 4 is 18.2 Å². The molecule has 28 heavy (non-hydrogen) atoms. The van der Waals surface area contributed by atoms with Gasteiger partial charge in [0.05, 0.1) is 6.26 Å². The van der Waals surface area contributed by atoms with Crippen molar-refractivity contribution in [2.75, 3.05) is 0 Å². The Bertz CT molecular complexity index is 969. The smallest absolute Gasteiger partial charge is 0.411 e. The van der Waals surface area contributed by atoms with Crippen LogP contribution in [0.1, 0.15) is 30.7 Å². The molecule has 1 aromatic carbocycles. The maximum absolute atomic E-state index is 12.2. The van der Waals surface area contributed by atoms with Crippen molar-refractivity contribution in [1.82, 2.24) is 5.32 Å². The summed E-state index contributed by atoms with van der Waals surface area (Å²) in [5, 5.41) is 2.59. The van der Waals surface area contributed by atoms with Crippen LogP contribution in [0.5, 0.6) is 11.5 Å². The highest BCUT2D eigenvalue weighted by Gasteiger charge is 2.40. The van der Waals surface area contributed by atoms with Gasteiger partial charge in [0.25, 0.3) is 0 Å². The fraction of sp³-hybridized carbons (Fsp3) is 0.227. The number of carbonyl (C=O) groups is 1. The van der Waals surface area contributed by atoms with E-state index in [0.29, 0.717) is 23.7 Å². The summed E-state index contributed by atoms with van der Waals surface area (Å²) >= 11 is 0. The third kappa shape index (κ3) is 3.67. The van der Waals surface area contributed by atoms with Crippen LogP contribution in [-0.2, 0) is 11.2 Å². The molecule has 6 heteroatoms. The molecule has 0 spiro atoms. The van der Waals surface area contributed by atoms with Gasteiger partial charge in [-0.25, -0.2) is 4.79 Å². The zero-order valence-electron chi connectivity index (χ0n) is 15.7. The Balaban J connectivity index is 1.47. The minimum Gasteiger partial charge on any atom is -0.484 e. The van der Waals surface area contributed by atoms with Crippen LogP contribution < -0.4 is 14.8 Å². The molecule has 0 fully saturated rings. The molecule has 1 atom stereocenters. The molecule has 0 bridgehead atoms. The molecule has 1 aromatic heterocycles. The number of ether oxygens (including phenoxy) is 3. The second-order valence-electron chi connectivity index (χ2n) is 7.20. The van der Waals surface area contributed by atoms with E-state index in [2.05, 4.69) is 11.9 Å². The summed E-state index contributed by atoms with van der Waals surface area (Å²) < 4.78 is 22.6. The van der Waals surface area contributed by atoms with Gasteiger partial charge < -0.3 is 18.6 Å². The van der Waals surface area contributed by atoms with Gasteiger partial charge in [0.2, 0.25) is 0 Å². The number of furan rings is 1. The second kappa shape index (κ2) is 6.96. The number of hydrogen-bond donors (Lipinski definition) is 1. The van der Waals surface area contributed by atoms with Gasteiger partial charge >= 0.3 is 6.09 Å². The molecule has 0 saturated heterocycles. The van der Waals surface area contributed by atoms with Crippen LogP contribution in [0.15, 0.2) is 59.6 Å². The second-order valence-corrected chi connectivity index (χ2v) is 7.20. The third-order valence-electron chi connectivity index (χ3n) is 4.68. The highest BCUT2D eigenvalue weighted by atomic mass is 16.6. The molecule has 2 aliphatic rings. The fourth-order valence-electron chi connectivity index (χ4n) is 3.18. The first-order chi connectivity index (χ1) is 13.4. The van der Waals surface area contributed by atoms with Crippen molar-refractivity contribution in [2.45, 2.75) is 32.0 Å². The summed E-state index contributed by atoms with van der Waals surface area (Å²) in [6.45, 7) is 7.60. The highest BCUT2D eigenvalue weighted by molar-refractivity contribution is 5.70. The maximum atomic E-state index is 12.2. The van der Waals surface area contributed by atoms with Gasteiger partial charge in [0.15, 0.2) is 0 Å². The number of fused-ring (bicyclic) bond motifs is 2. The van der Waals surface area contributed by atoms with Gasteiger partial charge in [-0.2, -0.15) is 0 Å². The van der Waals surface area contributed by atoms with Gasteiger partial charge in [-0.15, -0.1) is 0 Å². The summed E-state index contributed by atoms with van der Waals surface area (Å²) in [6, 6.07) is 7.41. The number of rotatable bonds is 3. The summed E-state index contributed by atoms with van der Waals surface area (Å²) in [5.41, 5.74) is 1.21. The lowest BCUT2D eigenvalue weighted by Crippen LogP contribution is -2.49. The lowest BCUT2D eigenvalue weighted by Gasteiger charge is -2.39. The number of carbonyl (C=O) groups excluding carboxylic acids is 1. The summed E-state index contributed by atoms with van der Waals surface area (Å²) in [6.07, 6.45) is 8.00. The van der Waals surface area contributed by atoms with E-state index in [1.807, 2.05) is 38.1 Å². The van der Waals surface area contributed by atoms with Gasteiger partial charge in [-0.3, -0.25) is 5.32 Å². The van der Waals surface area contributed by atoms with E-state index < -0.39 is 17.8 Å². The molecule has 6 nitrogen and oxygen atoms in total. The van der Waals surface area contributed by atoms with Crippen LogP contribution in [-0.4, -0.2) is 17.8 Å². The van der Waals surface area contributed by atoms with E-state index in [1.54, 1.807) is 24.5 Å². The molecule has 2 aromatic rings. The van der Waals surface area contributed by atoms with Gasteiger partial charge in [0.1, 0.15) is 34.7 Å². The van der Waals surface area contributed by atoms with Crippen LogP contribution in [0.25, 0.3) is 12.2 Å². The SMILES string of the molecule is C=C1C=Cc2cc3c(cc2O1)OC(C)(C)C(OC(=O)N/C=C/c1ccco1)C3. The molecule has 144 valence electrons. The zero-order valence-corrected chi connectivity index (χ0v) is 15.7. The molecule has 0 saturated carbocycles. The predicted octanol–water partition coefficient (Wildman–Crippen LogP) is 4.68. The lowest BCUT2D eigenvalue weighted by atomic mass is 9.89. The van der Waals surface area contributed by atoms with Crippen LogP contribution in [0.2, 0.25) is 0 Å². The first kappa shape index (κ1) is 18.0. The van der Waals surface area contributed by atoms with E-state index in [1.165, 1.54) is 6.20 Å². The Labute approximate surface area is 163 Å². The molecule has 0 aliphatic carbocycles. The predicted molar refractivity (Wildman–Crippen MR) is 105 cm³/mol. The molecule has 2 aliphatic heterocycles. The first-order valence-electron chi connectivity index (χ1n) is 8.99. The highest BCUT2D eigenvalue weighted by Crippen LogP contribution is 2.40. The molecule has 1 amide bonds. The number of benzene rings is 1. The number of allylic oxidation sites excluding steroid dienone is 1. The number of hydrogen-bond acceptors (Lipinski definition) is 5. The van der Waals surface area contributed by atoms with Crippen molar-refractivity contribution in [3.05, 3.63) is 72.0 Å². The first-order valence-corrected chi connectivity index (χ1v) is 8.99. The van der Waals surface area contributed by atoms with Crippen molar-refractivity contribution < 1.29 is 23.4 Å². The summed E-state index contributed by atoms with van der Waals surface area (Å²) in [7, 11) is 0. The van der Waals surface area contributed by atoms with Crippen LogP contribution in [0, 0.1) is 0 Å². The fourth-order valence-corrected chi connectivity index (χ4v) is 3.18. The van der Waals surface area contributed by atoms with Gasteiger partial charge in [-0.1, -0.05) is 6.58 Å². The Kier molecular flexibility index (Phi) is 4.47. The van der Waals surface area contributed by atoms with Crippen molar-refractivity contribution in [3.8, 4) is 11.5 Å². The maximum Gasteiger partial charge on any atom is 0.411 e. The van der Waals surface area contributed by atoms with Crippen LogP contribution >= 0.6 is 0 Å². The normalized spacial score (nSPS) is 19.4. The number of alkyl carbamates (subject to hydrolysis) is 1. The molecule has 4 rings (SSSR count). The molecular formula is C22H21NO5. The van der Waals surface area contributed by atoms with Crippen molar-refractivity contribution in [3.63, 3.8) is 0 Å². The lowest BCUT2D eigenvalue weighted by molar-refractivity contribution is -0.0488. The van der Waals surface area contributed by atoms with E-state index in [-0.39, 0.29) is 0 Å². The van der Waals surface area contributed by atoms with Crippen LogP contribution in [0.3, 0.4) is 0 Å². The Hall–Kier alpha value is -3.41. The average Bonchev–Trinajstić information content (AvgIpc) is 3.14. The zero-order chi connectivity index (χ0) is 19.7. The minimum absolute atomic E-state index is 0.446. The van der Waals surface area contributed by atoms with Crippen molar-refractivity contribution in [2.24, 2.45) is 0 Å². The largest absolute Gasteiger partial charge is 0.484 e. The van der Waals surface area contributed by atoms with Gasteiger partial charge in [0, 0.05) is 24.3 Å². The molecule has 3 heterocycles. The Morgan fingerprint density at radius 3 is 2.96 bits per heavy atom. The topological polar surface area (TPSA) is 69.9 Å². The molecule has 1 unspecified atom stereocenters. The molecule has 0 radical (unpaired) electrons. The summed E-state index contributed by atoms with van der Waals surface area (Å²) in [5.74, 6) is 2.66. The van der Waals surface area contributed by atoms with E-state index >= 15 is 0 Å². The van der Waals surface area contributed by atoms with E-state index in [0.717, 1.165) is 16.9 Å². The molecule has 1 N–H and O–H groups in total. The van der Waals surface area contributed by atoms with Crippen LogP contribution in [0.4, 0.5) is 4.79 Å². The minimum atomic E-state index is -0.690.